The van der Waals surface area contributed by atoms with Crippen molar-refractivity contribution >= 4 is 30.8 Å². The number of fused-ring (bicyclic) bond motifs is 1. The maximum absolute atomic E-state index is 12.1. The molecule has 0 fully saturated rings. The molecule has 15 heavy (non-hydrogen) atoms. The van der Waals surface area contributed by atoms with Gasteiger partial charge in [0.25, 0.3) is 0 Å². The highest BCUT2D eigenvalue weighted by atomic mass is 32.1. The van der Waals surface area contributed by atoms with Gasteiger partial charge in [0.05, 0.1) is 0 Å². The fraction of sp³-hybridized carbons (Fsp3) is 0.429. The zero-order valence-corrected chi connectivity index (χ0v) is 9.96. The highest BCUT2D eigenvalue weighted by molar-refractivity contribution is 7.54. The van der Waals surface area contributed by atoms with Crippen molar-refractivity contribution in [3.8, 4) is 0 Å². The van der Waals surface area contributed by atoms with Gasteiger partial charge in [-0.05, 0) is 11.4 Å². The SMILES string of the molecule is COP(=O)(OC)C1OB(O)c2sccc21. The standard InChI is InChI=1S/C7H10BO5PS/c1-11-14(10,12-2)7-5-3-4-15-6(5)8(9)13-7/h3-4,7,9H,1-2H3. The second kappa shape index (κ2) is 4.01. The lowest BCUT2D eigenvalue weighted by Crippen LogP contribution is -2.25. The van der Waals surface area contributed by atoms with E-state index in [0.29, 0.717) is 10.3 Å². The summed E-state index contributed by atoms with van der Waals surface area (Å²) in [5, 5.41) is 11.4. The second-order valence-corrected chi connectivity index (χ2v) is 6.21. The summed E-state index contributed by atoms with van der Waals surface area (Å²) < 4.78 is 27.6. The van der Waals surface area contributed by atoms with Crippen LogP contribution in [0.1, 0.15) is 11.4 Å². The molecule has 2 rings (SSSR count). The molecule has 1 aromatic rings. The first-order valence-corrected chi connectivity index (χ1v) is 6.73. The van der Waals surface area contributed by atoms with Crippen LogP contribution in [0.25, 0.3) is 0 Å². The Morgan fingerprint density at radius 1 is 1.60 bits per heavy atom. The minimum atomic E-state index is -3.34. The Hall–Kier alpha value is -0.165. The van der Waals surface area contributed by atoms with Crippen LogP contribution in [0.5, 0.6) is 0 Å². The van der Waals surface area contributed by atoms with Gasteiger partial charge in [0.15, 0.2) is 5.85 Å². The molecule has 0 saturated carbocycles. The smallest absolute Gasteiger partial charge is 0.423 e. The highest BCUT2D eigenvalue weighted by Crippen LogP contribution is 2.61. The third kappa shape index (κ3) is 1.69. The van der Waals surface area contributed by atoms with E-state index in [-0.39, 0.29) is 0 Å². The van der Waals surface area contributed by atoms with Crippen molar-refractivity contribution in [2.75, 3.05) is 14.2 Å². The van der Waals surface area contributed by atoms with Gasteiger partial charge < -0.3 is 18.7 Å². The molecule has 0 amide bonds. The van der Waals surface area contributed by atoms with Crippen LogP contribution in [-0.4, -0.2) is 26.4 Å². The van der Waals surface area contributed by atoms with Crippen LogP contribution in [-0.2, 0) is 18.3 Å². The molecule has 0 saturated heterocycles. The zero-order chi connectivity index (χ0) is 11.1. The van der Waals surface area contributed by atoms with Crippen LogP contribution in [0.3, 0.4) is 0 Å². The fourth-order valence-corrected chi connectivity index (χ4v) is 3.80. The molecule has 2 heterocycles. The topological polar surface area (TPSA) is 65.0 Å². The first kappa shape index (κ1) is 11.3. The average molecular weight is 248 g/mol. The summed E-state index contributed by atoms with van der Waals surface area (Å²) in [6.07, 6.45) is 0. The lowest BCUT2D eigenvalue weighted by Gasteiger charge is -2.20. The molecule has 82 valence electrons. The first-order valence-electron chi connectivity index (χ1n) is 4.24. The third-order valence-electron chi connectivity index (χ3n) is 2.27. The Morgan fingerprint density at radius 2 is 2.27 bits per heavy atom. The molecule has 0 spiro atoms. The van der Waals surface area contributed by atoms with Crippen molar-refractivity contribution in [3.05, 3.63) is 17.0 Å². The van der Waals surface area contributed by atoms with E-state index in [4.69, 9.17) is 13.7 Å². The second-order valence-electron chi connectivity index (χ2n) is 2.99. The van der Waals surface area contributed by atoms with Gasteiger partial charge in [0, 0.05) is 24.6 Å². The summed E-state index contributed by atoms with van der Waals surface area (Å²) in [7, 11) is -1.79. The number of thiophene rings is 1. The quantitative estimate of drug-likeness (QED) is 0.637. The van der Waals surface area contributed by atoms with E-state index in [9.17, 15) is 9.59 Å². The van der Waals surface area contributed by atoms with Crippen molar-refractivity contribution in [1.29, 1.82) is 0 Å². The molecule has 8 heteroatoms. The molecule has 1 atom stereocenters. The average Bonchev–Trinajstić information content (AvgIpc) is 2.82. The maximum Gasteiger partial charge on any atom is 0.503 e. The van der Waals surface area contributed by atoms with E-state index >= 15 is 0 Å². The molecular formula is C7H10BO5PS. The van der Waals surface area contributed by atoms with Crippen LogP contribution < -0.4 is 4.78 Å². The summed E-state index contributed by atoms with van der Waals surface area (Å²) in [6.45, 7) is 0. The molecule has 1 N–H and O–H groups in total. The van der Waals surface area contributed by atoms with Crippen LogP contribution in [0.4, 0.5) is 0 Å². The molecule has 0 bridgehead atoms. The summed E-state index contributed by atoms with van der Waals surface area (Å²) in [5.74, 6) is -0.830. The Kier molecular flexibility index (Phi) is 3.03. The third-order valence-corrected chi connectivity index (χ3v) is 5.23. The molecule has 0 aliphatic carbocycles. The summed E-state index contributed by atoms with van der Waals surface area (Å²) >= 11 is 1.35. The Morgan fingerprint density at radius 3 is 2.87 bits per heavy atom. The fourth-order valence-electron chi connectivity index (χ4n) is 1.50. The van der Waals surface area contributed by atoms with Crippen LogP contribution in [0, 0.1) is 0 Å². The van der Waals surface area contributed by atoms with E-state index in [1.807, 2.05) is 0 Å². The van der Waals surface area contributed by atoms with Crippen LogP contribution in [0.15, 0.2) is 11.4 Å². The van der Waals surface area contributed by atoms with Gasteiger partial charge in [-0.2, -0.15) is 11.3 Å². The molecule has 1 aliphatic heterocycles. The van der Waals surface area contributed by atoms with Gasteiger partial charge in [-0.25, -0.2) is 0 Å². The summed E-state index contributed by atoms with van der Waals surface area (Å²) in [5.41, 5.74) is 0.680. The molecule has 1 aliphatic rings. The van der Waals surface area contributed by atoms with Crippen molar-refractivity contribution in [2.24, 2.45) is 0 Å². The van der Waals surface area contributed by atoms with Gasteiger partial charge in [0.1, 0.15) is 0 Å². The van der Waals surface area contributed by atoms with E-state index in [2.05, 4.69) is 0 Å². The van der Waals surface area contributed by atoms with Crippen LogP contribution >= 0.6 is 18.9 Å². The Bertz CT molecular complexity index is 400. The Labute approximate surface area is 91.7 Å². The Balaban J connectivity index is 2.39. The first-order chi connectivity index (χ1) is 7.12. The molecule has 5 nitrogen and oxygen atoms in total. The zero-order valence-electron chi connectivity index (χ0n) is 8.25. The number of rotatable bonds is 3. The molecular weight excluding hydrogens is 238 g/mol. The largest absolute Gasteiger partial charge is 0.503 e. The molecule has 1 aromatic heterocycles. The monoisotopic (exact) mass is 248 g/mol. The van der Waals surface area contributed by atoms with Crippen molar-refractivity contribution in [2.45, 2.75) is 5.85 Å². The lowest BCUT2D eigenvalue weighted by molar-refractivity contribution is 0.183. The van der Waals surface area contributed by atoms with Crippen molar-refractivity contribution < 1.29 is 23.3 Å². The van der Waals surface area contributed by atoms with E-state index in [1.165, 1.54) is 25.6 Å². The maximum atomic E-state index is 12.1. The molecule has 0 radical (unpaired) electrons. The van der Waals surface area contributed by atoms with Gasteiger partial charge in [-0.15, -0.1) is 0 Å². The lowest BCUT2D eigenvalue weighted by atomic mass is 9.89. The van der Waals surface area contributed by atoms with E-state index in [0.717, 1.165) is 0 Å². The van der Waals surface area contributed by atoms with Gasteiger partial charge in [-0.3, -0.25) is 4.57 Å². The van der Waals surface area contributed by atoms with E-state index in [1.54, 1.807) is 11.4 Å². The van der Waals surface area contributed by atoms with Crippen molar-refractivity contribution in [1.82, 2.24) is 0 Å². The summed E-state index contributed by atoms with van der Waals surface area (Å²) in [4.78, 5) is 0. The number of hydrogen-bond acceptors (Lipinski definition) is 6. The highest BCUT2D eigenvalue weighted by Gasteiger charge is 2.47. The van der Waals surface area contributed by atoms with Crippen molar-refractivity contribution in [3.63, 3.8) is 0 Å². The van der Waals surface area contributed by atoms with Gasteiger partial charge in [-0.1, -0.05) is 0 Å². The molecule has 0 aromatic carbocycles. The minimum Gasteiger partial charge on any atom is -0.423 e. The van der Waals surface area contributed by atoms with E-state index < -0.39 is 20.6 Å². The van der Waals surface area contributed by atoms with Crippen LogP contribution in [0.2, 0.25) is 0 Å². The summed E-state index contributed by atoms with van der Waals surface area (Å²) in [6, 6.07) is 1.76. The predicted octanol–water partition coefficient (Wildman–Crippen LogP) is 0.950. The molecule has 1 unspecified atom stereocenters. The van der Waals surface area contributed by atoms with Gasteiger partial charge in [0.2, 0.25) is 0 Å². The normalized spacial score (nSPS) is 20.7. The predicted molar refractivity (Wildman–Crippen MR) is 57.4 cm³/mol. The minimum absolute atomic E-state index is 0.661. The van der Waals surface area contributed by atoms with Gasteiger partial charge >= 0.3 is 14.7 Å². The number of hydrogen-bond donors (Lipinski definition) is 1.